The lowest BCUT2D eigenvalue weighted by Gasteiger charge is -1.97. The Kier molecular flexibility index (Phi) is 9.44. The molecule has 66 valence electrons. The number of ether oxygens (including phenoxy) is 1. The van der Waals surface area contributed by atoms with Gasteiger partial charge >= 0.3 is 0 Å². The fourth-order valence-corrected chi connectivity index (χ4v) is 0.964. The van der Waals surface area contributed by atoms with Crippen LogP contribution in [0.3, 0.4) is 0 Å². The molecule has 1 rings (SSSR count). The third-order valence-corrected chi connectivity index (χ3v) is 1.57. The monoisotopic (exact) mass is 156 g/mol. The summed E-state index contributed by atoms with van der Waals surface area (Å²) in [5, 5.41) is 0. The first kappa shape index (κ1) is 10.7. The lowest BCUT2D eigenvalue weighted by atomic mass is 10.1. The Hall–Kier alpha value is -0.300. The highest BCUT2D eigenvalue weighted by molar-refractivity contribution is 4.85. The minimum atomic E-state index is 0.844. The van der Waals surface area contributed by atoms with Crippen molar-refractivity contribution in [1.29, 1.82) is 0 Å². The van der Waals surface area contributed by atoms with Crippen LogP contribution in [0.2, 0.25) is 0 Å². The van der Waals surface area contributed by atoms with Gasteiger partial charge in [-0.1, -0.05) is 12.2 Å². The molecular weight excluding hydrogens is 136 g/mol. The second-order valence-corrected chi connectivity index (χ2v) is 2.54. The van der Waals surface area contributed by atoms with Gasteiger partial charge < -0.3 is 4.74 Å². The topological polar surface area (TPSA) is 9.23 Å². The maximum Gasteiger partial charge on any atom is 0.0437 e. The van der Waals surface area contributed by atoms with Crippen molar-refractivity contribution in [3.8, 4) is 0 Å². The second-order valence-electron chi connectivity index (χ2n) is 2.54. The van der Waals surface area contributed by atoms with E-state index < -0.39 is 0 Å². The van der Waals surface area contributed by atoms with E-state index in [1.165, 1.54) is 25.7 Å². The van der Waals surface area contributed by atoms with Crippen LogP contribution < -0.4 is 0 Å². The average Bonchev–Trinajstić information content (AvgIpc) is 2.10. The number of rotatable bonds is 2. The zero-order valence-corrected chi connectivity index (χ0v) is 7.81. The van der Waals surface area contributed by atoms with Crippen LogP contribution in [0, 0.1) is 0 Å². The van der Waals surface area contributed by atoms with Gasteiger partial charge in [0.25, 0.3) is 0 Å². The van der Waals surface area contributed by atoms with Crippen molar-refractivity contribution in [2.45, 2.75) is 39.5 Å². The molecule has 0 atom stereocenters. The standard InChI is InChI=1S/C6H10.C4H10O/c1-2-4-6-5-3-1;1-3-5-4-2/h1-2H,3-6H2;3-4H2,1-2H3. The van der Waals surface area contributed by atoms with Gasteiger partial charge in [-0.25, -0.2) is 0 Å². The fraction of sp³-hybridized carbons (Fsp3) is 0.800. The van der Waals surface area contributed by atoms with E-state index in [2.05, 4.69) is 12.2 Å². The Labute approximate surface area is 70.4 Å². The van der Waals surface area contributed by atoms with Crippen molar-refractivity contribution in [3.63, 3.8) is 0 Å². The van der Waals surface area contributed by atoms with E-state index in [9.17, 15) is 0 Å². The molecule has 0 saturated heterocycles. The van der Waals surface area contributed by atoms with Gasteiger partial charge in [0, 0.05) is 13.2 Å². The molecule has 0 aromatic carbocycles. The van der Waals surface area contributed by atoms with E-state index in [1.807, 2.05) is 13.8 Å². The molecule has 0 radical (unpaired) electrons. The first-order chi connectivity index (χ1) is 5.41. The van der Waals surface area contributed by atoms with Gasteiger partial charge in [-0.2, -0.15) is 0 Å². The molecule has 0 aliphatic heterocycles. The van der Waals surface area contributed by atoms with E-state index in [4.69, 9.17) is 4.74 Å². The molecule has 11 heavy (non-hydrogen) atoms. The van der Waals surface area contributed by atoms with Gasteiger partial charge in [0.1, 0.15) is 0 Å². The molecule has 0 N–H and O–H groups in total. The fourth-order valence-electron chi connectivity index (χ4n) is 0.964. The minimum absolute atomic E-state index is 0.844. The highest BCUT2D eigenvalue weighted by Crippen LogP contribution is 2.07. The molecule has 0 spiro atoms. The molecule has 0 bridgehead atoms. The molecule has 0 amide bonds. The van der Waals surface area contributed by atoms with E-state index in [1.54, 1.807) is 0 Å². The molecule has 0 aromatic heterocycles. The molecule has 0 aromatic rings. The summed E-state index contributed by atoms with van der Waals surface area (Å²) in [5.74, 6) is 0. The Bertz CT molecular complexity index is 76.9. The summed E-state index contributed by atoms with van der Waals surface area (Å²) in [6, 6.07) is 0. The van der Waals surface area contributed by atoms with Crippen molar-refractivity contribution in [2.24, 2.45) is 0 Å². The summed E-state index contributed by atoms with van der Waals surface area (Å²) in [7, 11) is 0. The SMILES string of the molecule is C1=CCCCC1.CCOCC. The van der Waals surface area contributed by atoms with E-state index in [0.29, 0.717) is 0 Å². The quantitative estimate of drug-likeness (QED) is 0.558. The zero-order valence-electron chi connectivity index (χ0n) is 7.81. The van der Waals surface area contributed by atoms with Crippen LogP contribution in [0.1, 0.15) is 39.5 Å². The molecule has 1 heteroatoms. The molecule has 1 aliphatic rings. The highest BCUT2D eigenvalue weighted by atomic mass is 16.5. The first-order valence-electron chi connectivity index (χ1n) is 4.64. The third kappa shape index (κ3) is 9.70. The van der Waals surface area contributed by atoms with Gasteiger partial charge in [-0.3, -0.25) is 0 Å². The van der Waals surface area contributed by atoms with Crippen molar-refractivity contribution < 1.29 is 4.74 Å². The Morgan fingerprint density at radius 2 is 1.45 bits per heavy atom. The van der Waals surface area contributed by atoms with Crippen molar-refractivity contribution in [3.05, 3.63) is 12.2 Å². The molecule has 0 saturated carbocycles. The lowest BCUT2D eigenvalue weighted by molar-refractivity contribution is 0.162. The summed E-state index contributed by atoms with van der Waals surface area (Å²) in [6.07, 6.45) is 10.0. The zero-order chi connectivity index (χ0) is 8.36. The van der Waals surface area contributed by atoms with E-state index in [0.717, 1.165) is 13.2 Å². The normalized spacial score (nSPS) is 15.5. The summed E-state index contributed by atoms with van der Waals surface area (Å²) in [5.41, 5.74) is 0. The predicted octanol–water partition coefficient (Wildman–Crippen LogP) is 3.16. The van der Waals surface area contributed by atoms with Crippen molar-refractivity contribution >= 4 is 0 Å². The molecule has 1 nitrogen and oxygen atoms in total. The summed E-state index contributed by atoms with van der Waals surface area (Å²) >= 11 is 0. The van der Waals surface area contributed by atoms with Gasteiger partial charge in [-0.05, 0) is 39.5 Å². The van der Waals surface area contributed by atoms with Crippen LogP contribution in [0.25, 0.3) is 0 Å². The highest BCUT2D eigenvalue weighted by Gasteiger charge is 1.87. The van der Waals surface area contributed by atoms with Crippen LogP contribution in [-0.4, -0.2) is 13.2 Å². The third-order valence-electron chi connectivity index (χ3n) is 1.57. The number of hydrogen-bond donors (Lipinski definition) is 0. The maximum atomic E-state index is 4.83. The van der Waals surface area contributed by atoms with Gasteiger partial charge in [0.2, 0.25) is 0 Å². The molecule has 0 heterocycles. The Morgan fingerprint density at radius 3 is 1.55 bits per heavy atom. The summed E-state index contributed by atoms with van der Waals surface area (Å²) < 4.78 is 4.83. The maximum absolute atomic E-state index is 4.83. The van der Waals surface area contributed by atoms with Crippen LogP contribution in [0.15, 0.2) is 12.2 Å². The second kappa shape index (κ2) is 9.70. The average molecular weight is 156 g/mol. The Morgan fingerprint density at radius 1 is 1.00 bits per heavy atom. The van der Waals surface area contributed by atoms with Crippen LogP contribution in [0.4, 0.5) is 0 Å². The van der Waals surface area contributed by atoms with E-state index >= 15 is 0 Å². The molecule has 1 aliphatic carbocycles. The van der Waals surface area contributed by atoms with Crippen molar-refractivity contribution in [2.75, 3.05) is 13.2 Å². The van der Waals surface area contributed by atoms with Gasteiger partial charge in [0.15, 0.2) is 0 Å². The molecule has 0 fully saturated rings. The van der Waals surface area contributed by atoms with Gasteiger partial charge in [0.05, 0.1) is 0 Å². The largest absolute Gasteiger partial charge is 0.382 e. The smallest absolute Gasteiger partial charge is 0.0437 e. The lowest BCUT2D eigenvalue weighted by Crippen LogP contribution is -1.84. The minimum Gasteiger partial charge on any atom is -0.382 e. The van der Waals surface area contributed by atoms with Crippen LogP contribution >= 0.6 is 0 Å². The number of allylic oxidation sites excluding steroid dienone is 2. The van der Waals surface area contributed by atoms with Crippen molar-refractivity contribution in [1.82, 2.24) is 0 Å². The van der Waals surface area contributed by atoms with Gasteiger partial charge in [-0.15, -0.1) is 0 Å². The van der Waals surface area contributed by atoms with E-state index in [-0.39, 0.29) is 0 Å². The first-order valence-corrected chi connectivity index (χ1v) is 4.64. The number of hydrogen-bond acceptors (Lipinski definition) is 1. The molecular formula is C10H20O. The predicted molar refractivity (Wildman–Crippen MR) is 49.8 cm³/mol. The van der Waals surface area contributed by atoms with Crippen LogP contribution in [-0.2, 0) is 4.74 Å². The molecule has 0 unspecified atom stereocenters. The Balaban J connectivity index is 0.000000187. The summed E-state index contributed by atoms with van der Waals surface area (Å²) in [4.78, 5) is 0. The van der Waals surface area contributed by atoms with Crippen LogP contribution in [0.5, 0.6) is 0 Å². The summed E-state index contributed by atoms with van der Waals surface area (Å²) in [6.45, 7) is 5.67.